The maximum absolute atomic E-state index is 12.8. The zero-order valence-corrected chi connectivity index (χ0v) is 15.3. The smallest absolute Gasteiger partial charge is 0.271 e. The predicted molar refractivity (Wildman–Crippen MR) is 102 cm³/mol. The number of anilines is 2. The second-order valence-electron chi connectivity index (χ2n) is 6.37. The molecule has 0 unspecified atom stereocenters. The first-order chi connectivity index (χ1) is 13.7. The number of carbonyl (C=O) groups is 2. The van der Waals surface area contributed by atoms with Crippen molar-refractivity contribution in [1.82, 2.24) is 30.4 Å². The number of para-hydroxylation sites is 1. The molecular formula is C19H19N7O2. The molecule has 4 rings (SSSR count). The van der Waals surface area contributed by atoms with Crippen molar-refractivity contribution in [3.8, 4) is 0 Å². The van der Waals surface area contributed by atoms with Crippen LogP contribution in [0, 0.1) is 0 Å². The summed E-state index contributed by atoms with van der Waals surface area (Å²) in [6.07, 6.45) is 3.62. The number of hydrogen-bond acceptors (Lipinski definition) is 6. The first-order valence-electron chi connectivity index (χ1n) is 8.87. The zero-order chi connectivity index (χ0) is 19.5. The van der Waals surface area contributed by atoms with E-state index >= 15 is 0 Å². The lowest BCUT2D eigenvalue weighted by atomic mass is 10.0. The van der Waals surface area contributed by atoms with Gasteiger partial charge in [0, 0.05) is 49.4 Å². The summed E-state index contributed by atoms with van der Waals surface area (Å²) in [5, 5.41) is 12.6. The van der Waals surface area contributed by atoms with E-state index in [1.807, 2.05) is 30.3 Å². The second-order valence-corrected chi connectivity index (χ2v) is 6.37. The van der Waals surface area contributed by atoms with Crippen molar-refractivity contribution in [3.63, 3.8) is 0 Å². The monoisotopic (exact) mass is 377 g/mol. The van der Waals surface area contributed by atoms with Crippen molar-refractivity contribution in [1.29, 1.82) is 0 Å². The Morgan fingerprint density at radius 3 is 2.61 bits per heavy atom. The van der Waals surface area contributed by atoms with Crippen LogP contribution in [-0.2, 0) is 13.0 Å². The van der Waals surface area contributed by atoms with Crippen LogP contribution in [-0.4, -0.2) is 50.5 Å². The van der Waals surface area contributed by atoms with Gasteiger partial charge in [0.15, 0.2) is 5.69 Å². The molecule has 0 radical (unpaired) electrons. The molecule has 9 heteroatoms. The lowest BCUT2D eigenvalue weighted by Crippen LogP contribution is -2.36. The topological polar surface area (TPSA) is 116 Å². The molecule has 3 aromatic rings. The first kappa shape index (κ1) is 17.7. The van der Waals surface area contributed by atoms with Gasteiger partial charge in [-0.15, -0.1) is 0 Å². The molecule has 142 valence electrons. The average molecular weight is 377 g/mol. The summed E-state index contributed by atoms with van der Waals surface area (Å²) in [7, 11) is 1.55. The fraction of sp³-hybridized carbons (Fsp3) is 0.211. The van der Waals surface area contributed by atoms with E-state index < -0.39 is 0 Å². The zero-order valence-electron chi connectivity index (χ0n) is 15.3. The van der Waals surface area contributed by atoms with Crippen LogP contribution in [0.2, 0.25) is 0 Å². The van der Waals surface area contributed by atoms with E-state index in [4.69, 9.17) is 0 Å². The molecular weight excluding hydrogens is 358 g/mol. The third kappa shape index (κ3) is 3.41. The van der Waals surface area contributed by atoms with Crippen LogP contribution in [0.3, 0.4) is 0 Å². The Balaban J connectivity index is 1.48. The van der Waals surface area contributed by atoms with Crippen LogP contribution >= 0.6 is 0 Å². The number of H-pyrrole nitrogens is 1. The predicted octanol–water partition coefficient (Wildman–Crippen LogP) is 1.50. The number of fused-ring (bicyclic) bond motifs is 1. The quantitative estimate of drug-likeness (QED) is 0.635. The summed E-state index contributed by atoms with van der Waals surface area (Å²) in [4.78, 5) is 34.9. The normalized spacial score (nSPS) is 13.0. The fourth-order valence-corrected chi connectivity index (χ4v) is 3.11. The minimum Gasteiger partial charge on any atom is -0.354 e. The third-order valence-corrected chi connectivity index (χ3v) is 4.59. The maximum atomic E-state index is 12.8. The van der Waals surface area contributed by atoms with E-state index in [0.717, 1.165) is 16.9 Å². The molecule has 3 heterocycles. The Labute approximate surface area is 161 Å². The fourth-order valence-electron chi connectivity index (χ4n) is 3.11. The van der Waals surface area contributed by atoms with Crippen molar-refractivity contribution in [2.75, 3.05) is 18.9 Å². The largest absolute Gasteiger partial charge is 0.354 e. The molecule has 0 atom stereocenters. The van der Waals surface area contributed by atoms with Gasteiger partial charge < -0.3 is 15.5 Å². The Kier molecular flexibility index (Phi) is 4.71. The molecule has 3 N–H and O–H groups in total. The Morgan fingerprint density at radius 2 is 1.89 bits per heavy atom. The highest BCUT2D eigenvalue weighted by molar-refractivity contribution is 5.95. The molecule has 1 aliphatic rings. The number of nitrogens with zero attached hydrogens (tertiary/aromatic N) is 4. The SMILES string of the molecule is CNC(=O)c1n[nH]c2c1CN(C(=O)c1cnc(Nc3ccccc3)nc1)CC2. The van der Waals surface area contributed by atoms with Crippen LogP contribution in [0.25, 0.3) is 0 Å². The number of benzene rings is 1. The van der Waals surface area contributed by atoms with Crippen molar-refractivity contribution in [3.05, 3.63) is 65.2 Å². The Hall–Kier alpha value is -3.75. The Morgan fingerprint density at radius 1 is 1.14 bits per heavy atom. The molecule has 2 amide bonds. The number of carbonyl (C=O) groups excluding carboxylic acids is 2. The van der Waals surface area contributed by atoms with Gasteiger partial charge >= 0.3 is 0 Å². The number of amides is 2. The third-order valence-electron chi connectivity index (χ3n) is 4.59. The lowest BCUT2D eigenvalue weighted by molar-refractivity contribution is 0.0730. The van der Waals surface area contributed by atoms with Gasteiger partial charge in [0.25, 0.3) is 11.8 Å². The molecule has 0 spiro atoms. The molecule has 0 saturated carbocycles. The summed E-state index contributed by atoms with van der Waals surface area (Å²) in [5.41, 5.74) is 3.23. The molecule has 9 nitrogen and oxygen atoms in total. The molecule has 1 aliphatic heterocycles. The van der Waals surface area contributed by atoms with E-state index in [2.05, 4.69) is 30.8 Å². The van der Waals surface area contributed by atoms with Gasteiger partial charge in [0.2, 0.25) is 5.95 Å². The molecule has 0 bridgehead atoms. The van der Waals surface area contributed by atoms with Gasteiger partial charge in [-0.1, -0.05) is 18.2 Å². The van der Waals surface area contributed by atoms with Crippen LogP contribution in [0.1, 0.15) is 32.1 Å². The van der Waals surface area contributed by atoms with Crippen molar-refractivity contribution in [2.45, 2.75) is 13.0 Å². The number of hydrogen-bond donors (Lipinski definition) is 3. The lowest BCUT2D eigenvalue weighted by Gasteiger charge is -2.27. The second kappa shape index (κ2) is 7.47. The molecule has 0 fully saturated rings. The number of aromatic nitrogens is 4. The van der Waals surface area contributed by atoms with E-state index in [9.17, 15) is 9.59 Å². The molecule has 28 heavy (non-hydrogen) atoms. The van der Waals surface area contributed by atoms with Crippen LogP contribution in [0.4, 0.5) is 11.6 Å². The Bertz CT molecular complexity index is 999. The van der Waals surface area contributed by atoms with Gasteiger partial charge in [0.1, 0.15) is 0 Å². The minimum absolute atomic E-state index is 0.180. The highest BCUT2D eigenvalue weighted by atomic mass is 16.2. The summed E-state index contributed by atoms with van der Waals surface area (Å²) >= 11 is 0. The van der Waals surface area contributed by atoms with Crippen LogP contribution < -0.4 is 10.6 Å². The summed E-state index contributed by atoms with van der Waals surface area (Å²) < 4.78 is 0. The van der Waals surface area contributed by atoms with E-state index in [1.54, 1.807) is 11.9 Å². The number of rotatable bonds is 4. The average Bonchev–Trinajstić information content (AvgIpc) is 3.17. The van der Waals surface area contributed by atoms with Crippen LogP contribution in [0.5, 0.6) is 0 Å². The number of aromatic amines is 1. The van der Waals surface area contributed by atoms with E-state index in [0.29, 0.717) is 36.7 Å². The summed E-state index contributed by atoms with van der Waals surface area (Å²) in [6, 6.07) is 9.56. The maximum Gasteiger partial charge on any atom is 0.271 e. The summed E-state index contributed by atoms with van der Waals surface area (Å²) in [6.45, 7) is 0.850. The van der Waals surface area contributed by atoms with Gasteiger partial charge in [0.05, 0.1) is 12.1 Å². The highest BCUT2D eigenvalue weighted by Crippen LogP contribution is 2.22. The van der Waals surface area contributed by atoms with E-state index in [-0.39, 0.29) is 11.8 Å². The van der Waals surface area contributed by atoms with Gasteiger partial charge in [-0.25, -0.2) is 9.97 Å². The first-order valence-corrected chi connectivity index (χ1v) is 8.87. The number of nitrogens with one attached hydrogen (secondary N) is 3. The minimum atomic E-state index is -0.272. The standard InChI is InChI=1S/C19H19N7O2/c1-20-17(27)16-14-11-26(8-7-15(14)24-25-16)18(28)12-9-21-19(22-10-12)23-13-5-3-2-4-6-13/h2-6,9-10H,7-8,11H2,1H3,(H,20,27)(H,24,25)(H,21,22,23). The molecule has 0 saturated heterocycles. The molecule has 0 aliphatic carbocycles. The van der Waals surface area contributed by atoms with Gasteiger partial charge in [-0.05, 0) is 12.1 Å². The van der Waals surface area contributed by atoms with Gasteiger partial charge in [-0.3, -0.25) is 14.7 Å². The molecule has 1 aromatic carbocycles. The van der Waals surface area contributed by atoms with Crippen molar-refractivity contribution < 1.29 is 9.59 Å². The van der Waals surface area contributed by atoms with Crippen molar-refractivity contribution >= 4 is 23.5 Å². The van der Waals surface area contributed by atoms with E-state index in [1.165, 1.54) is 12.4 Å². The van der Waals surface area contributed by atoms with Crippen LogP contribution in [0.15, 0.2) is 42.7 Å². The molecule has 2 aromatic heterocycles. The van der Waals surface area contributed by atoms with Gasteiger partial charge in [-0.2, -0.15) is 5.10 Å². The highest BCUT2D eigenvalue weighted by Gasteiger charge is 2.28. The summed E-state index contributed by atoms with van der Waals surface area (Å²) in [5.74, 6) is -0.0344. The van der Waals surface area contributed by atoms with Crippen molar-refractivity contribution in [2.24, 2.45) is 0 Å².